The van der Waals surface area contributed by atoms with Crippen LogP contribution in [0, 0.1) is 3.57 Å². The van der Waals surface area contributed by atoms with E-state index in [0.717, 1.165) is 3.57 Å². The maximum absolute atomic E-state index is 12.1. The maximum atomic E-state index is 12.1. The Balaban J connectivity index is 2.42. The second-order valence-corrected chi connectivity index (χ2v) is 4.87. The fraction of sp³-hybridized carbons (Fsp3) is 0.0909. The summed E-state index contributed by atoms with van der Waals surface area (Å²) >= 11 is 8.10. The molecule has 0 amide bonds. The molecule has 3 nitrogen and oxygen atoms in total. The van der Waals surface area contributed by atoms with E-state index in [4.69, 9.17) is 11.6 Å². The molecule has 0 fully saturated rings. The summed E-state index contributed by atoms with van der Waals surface area (Å²) in [4.78, 5) is 12.1. The molecule has 0 unspecified atom stereocenters. The molecule has 2 aromatic rings. The molecule has 0 spiro atoms. The Bertz CT molecular complexity index is 551. The van der Waals surface area contributed by atoms with Gasteiger partial charge in [0.05, 0.1) is 5.02 Å². The van der Waals surface area contributed by atoms with Gasteiger partial charge in [0.2, 0.25) is 5.78 Å². The Morgan fingerprint density at radius 2 is 2.19 bits per heavy atom. The van der Waals surface area contributed by atoms with E-state index in [-0.39, 0.29) is 5.78 Å². The second-order valence-electron chi connectivity index (χ2n) is 3.30. The number of aromatic nitrogens is 2. The van der Waals surface area contributed by atoms with Crippen molar-refractivity contribution in [3.8, 4) is 0 Å². The molecule has 5 heteroatoms. The number of benzene rings is 1. The van der Waals surface area contributed by atoms with Gasteiger partial charge in [0.15, 0.2) is 0 Å². The van der Waals surface area contributed by atoms with Crippen LogP contribution in [0.4, 0.5) is 0 Å². The normalized spacial score (nSPS) is 10.4. The molecule has 1 heterocycles. The third kappa shape index (κ3) is 2.12. The summed E-state index contributed by atoms with van der Waals surface area (Å²) in [5.41, 5.74) is 1.13. The number of halogens is 2. The third-order valence-corrected chi connectivity index (χ3v) is 3.81. The molecule has 82 valence electrons. The fourth-order valence-corrected chi connectivity index (χ4v) is 1.90. The molecule has 0 aliphatic carbocycles. The molecule has 0 aliphatic heterocycles. The summed E-state index contributed by atoms with van der Waals surface area (Å²) in [5, 5.41) is 4.56. The number of ketones is 1. The molecule has 0 radical (unpaired) electrons. The van der Waals surface area contributed by atoms with Crippen molar-refractivity contribution in [3.05, 3.63) is 50.3 Å². The molecule has 0 atom stereocenters. The minimum atomic E-state index is -0.0710. The van der Waals surface area contributed by atoms with Crippen LogP contribution in [0.2, 0.25) is 5.02 Å². The van der Waals surface area contributed by atoms with Crippen LogP contribution < -0.4 is 0 Å². The van der Waals surface area contributed by atoms with Gasteiger partial charge in [0.1, 0.15) is 5.69 Å². The standard InChI is InChI=1S/C11H8ClIN2O/c1-15-10(4-5-14-15)11(16)7-2-3-9(13)8(12)6-7/h2-6H,1H3. The number of nitrogens with zero attached hydrogens (tertiary/aromatic N) is 2. The van der Waals surface area contributed by atoms with Crippen molar-refractivity contribution in [1.82, 2.24) is 9.78 Å². The van der Waals surface area contributed by atoms with E-state index in [0.29, 0.717) is 16.3 Å². The van der Waals surface area contributed by atoms with Gasteiger partial charge in [-0.25, -0.2) is 0 Å². The zero-order valence-corrected chi connectivity index (χ0v) is 11.4. The van der Waals surface area contributed by atoms with Crippen molar-refractivity contribution in [2.45, 2.75) is 0 Å². The fourth-order valence-electron chi connectivity index (χ4n) is 1.38. The zero-order valence-electron chi connectivity index (χ0n) is 8.45. The molecular formula is C11H8ClIN2O. The van der Waals surface area contributed by atoms with Gasteiger partial charge < -0.3 is 0 Å². The average Bonchev–Trinajstić information content (AvgIpc) is 2.67. The quantitative estimate of drug-likeness (QED) is 0.619. The van der Waals surface area contributed by atoms with Crippen LogP contribution in [0.1, 0.15) is 16.1 Å². The predicted octanol–water partition coefficient (Wildman–Crippen LogP) is 2.91. The summed E-state index contributed by atoms with van der Waals surface area (Å²) in [6.07, 6.45) is 1.60. The largest absolute Gasteiger partial charge is 0.287 e. The van der Waals surface area contributed by atoms with E-state index >= 15 is 0 Å². The van der Waals surface area contributed by atoms with Crippen molar-refractivity contribution >= 4 is 40.0 Å². The Kier molecular flexibility index (Phi) is 3.30. The highest BCUT2D eigenvalue weighted by Crippen LogP contribution is 2.21. The SMILES string of the molecule is Cn1nccc1C(=O)c1ccc(I)c(Cl)c1. The lowest BCUT2D eigenvalue weighted by atomic mass is 10.1. The van der Waals surface area contributed by atoms with Gasteiger partial charge in [-0.2, -0.15) is 5.10 Å². The van der Waals surface area contributed by atoms with Crippen LogP contribution in [-0.2, 0) is 7.05 Å². The molecule has 1 aromatic carbocycles. The Morgan fingerprint density at radius 1 is 1.44 bits per heavy atom. The Labute approximate surface area is 112 Å². The molecule has 0 aliphatic rings. The van der Waals surface area contributed by atoms with Crippen LogP contribution >= 0.6 is 34.2 Å². The third-order valence-electron chi connectivity index (χ3n) is 2.24. The van der Waals surface area contributed by atoms with Crippen molar-refractivity contribution in [1.29, 1.82) is 0 Å². The minimum Gasteiger partial charge on any atom is -0.287 e. The first-order chi connectivity index (χ1) is 7.59. The van der Waals surface area contributed by atoms with Gasteiger partial charge in [-0.15, -0.1) is 0 Å². The van der Waals surface area contributed by atoms with Crippen LogP contribution in [0.5, 0.6) is 0 Å². The number of hydrogen-bond acceptors (Lipinski definition) is 2. The number of rotatable bonds is 2. The van der Waals surface area contributed by atoms with Gasteiger partial charge in [0, 0.05) is 22.4 Å². The van der Waals surface area contributed by atoms with Gasteiger partial charge in [-0.3, -0.25) is 9.48 Å². The first-order valence-corrected chi connectivity index (χ1v) is 6.03. The van der Waals surface area contributed by atoms with Crippen LogP contribution in [0.15, 0.2) is 30.5 Å². The van der Waals surface area contributed by atoms with Crippen molar-refractivity contribution in [2.24, 2.45) is 7.05 Å². The summed E-state index contributed by atoms with van der Waals surface area (Å²) in [5.74, 6) is -0.0710. The summed E-state index contributed by atoms with van der Waals surface area (Å²) in [6, 6.07) is 6.96. The maximum Gasteiger partial charge on any atom is 0.211 e. The Morgan fingerprint density at radius 3 is 2.75 bits per heavy atom. The first kappa shape index (κ1) is 11.6. The average molecular weight is 347 g/mol. The number of carbonyl (C=O) groups is 1. The second kappa shape index (κ2) is 4.55. The topological polar surface area (TPSA) is 34.9 Å². The lowest BCUT2D eigenvalue weighted by molar-refractivity contribution is 0.103. The zero-order chi connectivity index (χ0) is 11.7. The number of aryl methyl sites for hydroxylation is 1. The van der Waals surface area contributed by atoms with Crippen molar-refractivity contribution in [2.75, 3.05) is 0 Å². The molecule has 1 aromatic heterocycles. The molecule has 2 rings (SSSR count). The number of carbonyl (C=O) groups excluding carboxylic acids is 1. The molecule has 0 saturated heterocycles. The van der Waals surface area contributed by atoms with Gasteiger partial charge >= 0.3 is 0 Å². The molecule has 0 N–H and O–H groups in total. The summed E-state index contributed by atoms with van der Waals surface area (Å²) < 4.78 is 2.48. The first-order valence-electron chi connectivity index (χ1n) is 4.57. The monoisotopic (exact) mass is 346 g/mol. The van der Waals surface area contributed by atoms with Crippen molar-refractivity contribution in [3.63, 3.8) is 0 Å². The van der Waals surface area contributed by atoms with E-state index in [9.17, 15) is 4.79 Å². The van der Waals surface area contributed by atoms with Crippen molar-refractivity contribution < 1.29 is 4.79 Å². The van der Waals surface area contributed by atoms with E-state index in [2.05, 4.69) is 27.7 Å². The van der Waals surface area contributed by atoms with Crippen LogP contribution in [-0.4, -0.2) is 15.6 Å². The smallest absolute Gasteiger partial charge is 0.211 e. The molecule has 0 bridgehead atoms. The van der Waals surface area contributed by atoms with Crippen LogP contribution in [0.3, 0.4) is 0 Å². The van der Waals surface area contributed by atoms with Crippen LogP contribution in [0.25, 0.3) is 0 Å². The minimum absolute atomic E-state index is 0.0710. The lowest BCUT2D eigenvalue weighted by Gasteiger charge is -2.03. The van der Waals surface area contributed by atoms with E-state index in [1.54, 1.807) is 36.1 Å². The molecule has 16 heavy (non-hydrogen) atoms. The van der Waals surface area contributed by atoms with Gasteiger partial charge in [0.25, 0.3) is 0 Å². The lowest BCUT2D eigenvalue weighted by Crippen LogP contribution is -2.08. The van der Waals surface area contributed by atoms with E-state index in [1.807, 2.05) is 6.07 Å². The summed E-state index contributed by atoms with van der Waals surface area (Å²) in [7, 11) is 1.74. The Hall–Kier alpha value is -0.880. The highest BCUT2D eigenvalue weighted by Gasteiger charge is 2.13. The van der Waals surface area contributed by atoms with Gasteiger partial charge in [-0.05, 0) is 46.9 Å². The highest BCUT2D eigenvalue weighted by molar-refractivity contribution is 14.1. The molecule has 0 saturated carbocycles. The predicted molar refractivity (Wildman–Crippen MR) is 70.8 cm³/mol. The van der Waals surface area contributed by atoms with Gasteiger partial charge in [-0.1, -0.05) is 11.6 Å². The highest BCUT2D eigenvalue weighted by atomic mass is 127. The van der Waals surface area contributed by atoms with E-state index < -0.39 is 0 Å². The molecular weight excluding hydrogens is 338 g/mol. The number of hydrogen-bond donors (Lipinski definition) is 0. The van der Waals surface area contributed by atoms with E-state index in [1.165, 1.54) is 0 Å². The summed E-state index contributed by atoms with van der Waals surface area (Å²) in [6.45, 7) is 0.